The Hall–Kier alpha value is -1.16. The molecule has 4 nitrogen and oxygen atoms in total. The lowest BCUT2D eigenvalue weighted by molar-refractivity contribution is 0.385. The first kappa shape index (κ1) is 8.93. The zero-order chi connectivity index (χ0) is 9.14. The number of aryl methyl sites for hydroxylation is 1. The van der Waals surface area contributed by atoms with Crippen LogP contribution < -0.4 is 10.5 Å². The summed E-state index contributed by atoms with van der Waals surface area (Å²) in [5, 5.41) is 7.80. The van der Waals surface area contributed by atoms with Gasteiger partial charge in [0, 0.05) is 12.1 Å². The number of aromatic nitrogens is 2. The fraction of sp³-hybridized carbons (Fsp3) is 0.500. The Bertz CT molecular complexity index is 286. The molecule has 0 fully saturated rings. The van der Waals surface area contributed by atoms with Crippen molar-refractivity contribution in [3.8, 4) is 5.88 Å². The molecule has 0 aromatic carbocycles. The van der Waals surface area contributed by atoms with Crippen LogP contribution in [0.3, 0.4) is 0 Å². The number of hydrogen-bond acceptors (Lipinski definition) is 4. The predicted octanol–water partition coefficient (Wildman–Crippen LogP) is 0.561. The van der Waals surface area contributed by atoms with Gasteiger partial charge < -0.3 is 10.5 Å². The molecule has 0 aliphatic heterocycles. The second kappa shape index (κ2) is 3.49. The van der Waals surface area contributed by atoms with Crippen molar-refractivity contribution in [2.24, 2.45) is 5.73 Å². The molecule has 2 N–H and O–H groups in total. The maximum atomic E-state index is 5.55. The molecular formula is C8H13N3O. The minimum absolute atomic E-state index is 0.436. The van der Waals surface area contributed by atoms with Crippen LogP contribution in [0.2, 0.25) is 0 Å². The Morgan fingerprint density at radius 3 is 2.50 bits per heavy atom. The maximum Gasteiger partial charge on any atom is 0.237 e. The molecule has 4 heteroatoms. The minimum Gasteiger partial charge on any atom is -0.480 e. The molecule has 0 atom stereocenters. The van der Waals surface area contributed by atoms with E-state index in [0.717, 1.165) is 16.8 Å². The highest BCUT2D eigenvalue weighted by atomic mass is 16.5. The lowest BCUT2D eigenvalue weighted by atomic mass is 10.1. The normalized spacial score (nSPS) is 10.0. The predicted molar refractivity (Wildman–Crippen MR) is 45.9 cm³/mol. The molecule has 1 rings (SSSR count). The molecule has 12 heavy (non-hydrogen) atoms. The average molecular weight is 167 g/mol. The molecule has 0 amide bonds. The third kappa shape index (κ3) is 1.38. The topological polar surface area (TPSA) is 61.0 Å². The summed E-state index contributed by atoms with van der Waals surface area (Å²) in [6, 6.07) is 0. The summed E-state index contributed by atoms with van der Waals surface area (Å²) in [5.74, 6) is 0.528. The quantitative estimate of drug-likeness (QED) is 0.699. The second-order valence-electron chi connectivity index (χ2n) is 2.60. The van der Waals surface area contributed by atoms with E-state index in [1.807, 2.05) is 13.8 Å². The Balaban J connectivity index is 3.25. The molecule has 0 spiro atoms. The van der Waals surface area contributed by atoms with Crippen LogP contribution in [0.4, 0.5) is 0 Å². The molecule has 0 bridgehead atoms. The molecule has 66 valence electrons. The van der Waals surface area contributed by atoms with E-state index in [1.165, 1.54) is 0 Å². The molecule has 0 radical (unpaired) electrons. The third-order valence-corrected chi connectivity index (χ3v) is 1.94. The zero-order valence-electron chi connectivity index (χ0n) is 7.59. The van der Waals surface area contributed by atoms with E-state index < -0.39 is 0 Å². The van der Waals surface area contributed by atoms with Crippen molar-refractivity contribution in [1.82, 2.24) is 10.2 Å². The molecule has 0 saturated carbocycles. The first-order valence-corrected chi connectivity index (χ1v) is 3.77. The Morgan fingerprint density at radius 1 is 1.33 bits per heavy atom. The van der Waals surface area contributed by atoms with Crippen LogP contribution in [-0.4, -0.2) is 17.3 Å². The van der Waals surface area contributed by atoms with Crippen molar-refractivity contribution in [2.45, 2.75) is 20.4 Å². The van der Waals surface area contributed by atoms with Crippen LogP contribution in [0, 0.1) is 13.8 Å². The monoisotopic (exact) mass is 167 g/mol. The number of nitrogens with zero attached hydrogens (tertiary/aromatic N) is 2. The lowest BCUT2D eigenvalue weighted by Crippen LogP contribution is -2.07. The molecule has 0 unspecified atom stereocenters. The van der Waals surface area contributed by atoms with E-state index in [4.69, 9.17) is 10.5 Å². The number of hydrogen-bond donors (Lipinski definition) is 1. The number of ether oxygens (including phenoxy) is 1. The average Bonchev–Trinajstić information content (AvgIpc) is 2.09. The molecule has 0 saturated heterocycles. The highest BCUT2D eigenvalue weighted by molar-refractivity contribution is 5.34. The molecule has 0 aliphatic carbocycles. The van der Waals surface area contributed by atoms with E-state index in [2.05, 4.69) is 10.2 Å². The van der Waals surface area contributed by atoms with Gasteiger partial charge in [0.15, 0.2) is 0 Å². The van der Waals surface area contributed by atoms with E-state index in [9.17, 15) is 0 Å². The van der Waals surface area contributed by atoms with Crippen LogP contribution in [-0.2, 0) is 6.54 Å². The van der Waals surface area contributed by atoms with E-state index in [-0.39, 0.29) is 0 Å². The van der Waals surface area contributed by atoms with E-state index >= 15 is 0 Å². The summed E-state index contributed by atoms with van der Waals surface area (Å²) in [5.41, 5.74) is 8.44. The van der Waals surface area contributed by atoms with Gasteiger partial charge in [-0.2, -0.15) is 5.10 Å². The molecule has 1 aromatic heterocycles. The Kier molecular flexibility index (Phi) is 2.60. The van der Waals surface area contributed by atoms with Gasteiger partial charge in [0.1, 0.15) is 0 Å². The number of nitrogens with two attached hydrogens (primary N) is 1. The highest BCUT2D eigenvalue weighted by Gasteiger charge is 2.08. The SMILES string of the molecule is COc1nnc(C)c(C)c1CN. The van der Waals surface area contributed by atoms with Gasteiger partial charge in [-0.1, -0.05) is 0 Å². The van der Waals surface area contributed by atoms with Crippen molar-refractivity contribution in [3.05, 3.63) is 16.8 Å². The zero-order valence-corrected chi connectivity index (χ0v) is 7.59. The van der Waals surface area contributed by atoms with Crippen molar-refractivity contribution < 1.29 is 4.74 Å². The van der Waals surface area contributed by atoms with E-state index in [1.54, 1.807) is 7.11 Å². The van der Waals surface area contributed by atoms with Crippen molar-refractivity contribution in [3.63, 3.8) is 0 Å². The summed E-state index contributed by atoms with van der Waals surface area (Å²) < 4.78 is 5.02. The number of methoxy groups -OCH3 is 1. The maximum absolute atomic E-state index is 5.55. The lowest BCUT2D eigenvalue weighted by Gasteiger charge is -2.08. The van der Waals surface area contributed by atoms with Crippen molar-refractivity contribution >= 4 is 0 Å². The standard InChI is InChI=1S/C8H13N3O/c1-5-6(2)10-11-8(12-3)7(5)4-9/h4,9H2,1-3H3. The summed E-state index contributed by atoms with van der Waals surface area (Å²) in [4.78, 5) is 0. The summed E-state index contributed by atoms with van der Waals surface area (Å²) in [6.45, 7) is 4.31. The van der Waals surface area contributed by atoms with Crippen LogP contribution >= 0.6 is 0 Å². The third-order valence-electron chi connectivity index (χ3n) is 1.94. The van der Waals surface area contributed by atoms with Gasteiger partial charge in [-0.3, -0.25) is 0 Å². The first-order valence-electron chi connectivity index (χ1n) is 3.77. The van der Waals surface area contributed by atoms with Gasteiger partial charge in [-0.15, -0.1) is 5.10 Å². The highest BCUT2D eigenvalue weighted by Crippen LogP contribution is 2.18. The van der Waals surface area contributed by atoms with Crippen LogP contribution in [0.5, 0.6) is 5.88 Å². The molecular weight excluding hydrogens is 154 g/mol. The fourth-order valence-corrected chi connectivity index (χ4v) is 1.04. The smallest absolute Gasteiger partial charge is 0.237 e. The molecule has 0 aliphatic rings. The fourth-order valence-electron chi connectivity index (χ4n) is 1.04. The van der Waals surface area contributed by atoms with E-state index in [0.29, 0.717) is 12.4 Å². The Labute approximate surface area is 71.8 Å². The van der Waals surface area contributed by atoms with Gasteiger partial charge in [0.05, 0.1) is 12.8 Å². The molecule has 1 aromatic rings. The van der Waals surface area contributed by atoms with Gasteiger partial charge in [0.25, 0.3) is 0 Å². The van der Waals surface area contributed by atoms with Crippen molar-refractivity contribution in [2.75, 3.05) is 7.11 Å². The van der Waals surface area contributed by atoms with Gasteiger partial charge >= 0.3 is 0 Å². The van der Waals surface area contributed by atoms with Gasteiger partial charge in [-0.05, 0) is 19.4 Å². The minimum atomic E-state index is 0.436. The second-order valence-corrected chi connectivity index (χ2v) is 2.60. The Morgan fingerprint density at radius 2 is 2.00 bits per heavy atom. The van der Waals surface area contributed by atoms with Gasteiger partial charge in [-0.25, -0.2) is 0 Å². The van der Waals surface area contributed by atoms with Crippen LogP contribution in [0.15, 0.2) is 0 Å². The summed E-state index contributed by atoms with van der Waals surface area (Å²) >= 11 is 0. The first-order chi connectivity index (χ1) is 5.70. The molecule has 1 heterocycles. The summed E-state index contributed by atoms with van der Waals surface area (Å²) in [6.07, 6.45) is 0. The van der Waals surface area contributed by atoms with Crippen LogP contribution in [0.1, 0.15) is 16.8 Å². The summed E-state index contributed by atoms with van der Waals surface area (Å²) in [7, 11) is 1.57. The number of rotatable bonds is 2. The van der Waals surface area contributed by atoms with Crippen LogP contribution in [0.25, 0.3) is 0 Å². The largest absolute Gasteiger partial charge is 0.480 e. The van der Waals surface area contributed by atoms with Crippen molar-refractivity contribution in [1.29, 1.82) is 0 Å². The van der Waals surface area contributed by atoms with Gasteiger partial charge in [0.2, 0.25) is 5.88 Å².